The molecule has 3 amide bonds. The van der Waals surface area contributed by atoms with Crippen LogP contribution in [-0.4, -0.2) is 85.0 Å². The van der Waals surface area contributed by atoms with Crippen molar-refractivity contribution in [3.8, 4) is 0 Å². The molecule has 1 aliphatic heterocycles. The quantitative estimate of drug-likeness (QED) is 0.216. The average Bonchev–Trinajstić information content (AvgIpc) is 2.90. The predicted molar refractivity (Wildman–Crippen MR) is 141 cm³/mol. The summed E-state index contributed by atoms with van der Waals surface area (Å²) in [5.41, 5.74) is 0. The predicted octanol–water partition coefficient (Wildman–Crippen LogP) is 1.59. The number of likely N-dealkylation sites (N-methyl/N-ethyl adjacent to an activating group) is 1. The number of aliphatic carboxylic acids is 1. The van der Waals surface area contributed by atoms with Crippen molar-refractivity contribution < 1.29 is 33.8 Å². The van der Waals surface area contributed by atoms with Crippen LogP contribution in [-0.2, 0) is 28.7 Å². The van der Waals surface area contributed by atoms with Gasteiger partial charge in [-0.3, -0.25) is 24.0 Å². The van der Waals surface area contributed by atoms with E-state index in [0.29, 0.717) is 24.8 Å². The lowest BCUT2D eigenvalue weighted by Crippen LogP contribution is -2.51. The lowest BCUT2D eigenvalue weighted by atomic mass is 9.87. The molecule has 0 spiro atoms. The Balaban J connectivity index is 1.73. The zero-order chi connectivity index (χ0) is 27.8. The first-order valence-electron chi connectivity index (χ1n) is 14.2. The lowest BCUT2D eigenvalue weighted by Gasteiger charge is -2.24. The smallest absolute Gasteiger partial charge is 0.325 e. The molecule has 11 heteroatoms. The molecule has 0 aromatic rings. The monoisotopic (exact) mass is 538 g/mol. The van der Waals surface area contributed by atoms with Crippen LogP contribution in [0.1, 0.15) is 84.0 Å². The first kappa shape index (κ1) is 31.5. The summed E-state index contributed by atoms with van der Waals surface area (Å²) in [6.45, 7) is 3.70. The Morgan fingerprint density at radius 2 is 1.68 bits per heavy atom. The summed E-state index contributed by atoms with van der Waals surface area (Å²) in [6, 6.07) is -1.37. The van der Waals surface area contributed by atoms with E-state index in [1.165, 1.54) is 24.2 Å². The minimum absolute atomic E-state index is 0.146. The van der Waals surface area contributed by atoms with Gasteiger partial charge in [-0.05, 0) is 64.0 Å². The number of carbonyl (C=O) groups is 5. The van der Waals surface area contributed by atoms with E-state index in [4.69, 9.17) is 4.74 Å². The van der Waals surface area contributed by atoms with Gasteiger partial charge in [0.05, 0.1) is 19.6 Å². The van der Waals surface area contributed by atoms with E-state index in [2.05, 4.69) is 16.0 Å². The number of rotatable bonds is 16. The van der Waals surface area contributed by atoms with Crippen molar-refractivity contribution in [1.29, 1.82) is 0 Å². The number of nitrogens with zero attached hydrogens (tertiary/aromatic N) is 1. The molecule has 216 valence electrons. The molecule has 0 unspecified atom stereocenters. The van der Waals surface area contributed by atoms with Crippen molar-refractivity contribution in [2.75, 3.05) is 39.3 Å². The molecule has 11 nitrogen and oxygen atoms in total. The Bertz CT molecular complexity index is 779. The molecule has 38 heavy (non-hydrogen) atoms. The second-order valence-electron chi connectivity index (χ2n) is 10.4. The summed E-state index contributed by atoms with van der Waals surface area (Å²) in [5.74, 6) is -2.27. The molecule has 1 saturated carbocycles. The molecule has 1 heterocycles. The van der Waals surface area contributed by atoms with Crippen molar-refractivity contribution in [1.82, 2.24) is 20.9 Å². The molecule has 0 bridgehead atoms. The second-order valence-corrected chi connectivity index (χ2v) is 10.4. The zero-order valence-corrected chi connectivity index (χ0v) is 22.8. The van der Waals surface area contributed by atoms with Crippen molar-refractivity contribution in [3.63, 3.8) is 0 Å². The number of nitrogens with one attached hydrogen (secondary N) is 3. The third-order valence-electron chi connectivity index (χ3n) is 7.48. The largest absolute Gasteiger partial charge is 0.481 e. The van der Waals surface area contributed by atoms with Gasteiger partial charge in [-0.25, -0.2) is 0 Å². The summed E-state index contributed by atoms with van der Waals surface area (Å²) in [5, 5.41) is 17.3. The molecule has 1 atom stereocenters. The molecule has 2 fully saturated rings. The van der Waals surface area contributed by atoms with Crippen LogP contribution in [0.15, 0.2) is 0 Å². The van der Waals surface area contributed by atoms with Crippen molar-refractivity contribution >= 4 is 29.7 Å². The van der Waals surface area contributed by atoms with Gasteiger partial charge in [-0.2, -0.15) is 0 Å². The van der Waals surface area contributed by atoms with E-state index >= 15 is 0 Å². The molecule has 4 N–H and O–H groups in total. The fraction of sp³-hybridized carbons (Fsp3) is 0.815. The van der Waals surface area contributed by atoms with E-state index in [0.717, 1.165) is 58.0 Å². The van der Waals surface area contributed by atoms with E-state index in [-0.39, 0.29) is 19.1 Å². The van der Waals surface area contributed by atoms with Gasteiger partial charge in [0.1, 0.15) is 12.6 Å². The van der Waals surface area contributed by atoms with Gasteiger partial charge < -0.3 is 30.7 Å². The highest BCUT2D eigenvalue weighted by atomic mass is 16.5. The van der Waals surface area contributed by atoms with Gasteiger partial charge in [0, 0.05) is 13.0 Å². The Labute approximate surface area is 225 Å². The van der Waals surface area contributed by atoms with Gasteiger partial charge in [0.15, 0.2) is 0 Å². The van der Waals surface area contributed by atoms with Crippen LogP contribution in [0.3, 0.4) is 0 Å². The average molecular weight is 539 g/mol. The first-order chi connectivity index (χ1) is 18.3. The second kappa shape index (κ2) is 17.8. The standard InChI is InChI=1S/C27H46N4O7/c1-2-31(24(33)10-6-9-21-11-14-28-15-12-21)19-23(32)30-22(17-25(34)35)27(37)29-18-26(36)38-16-13-20-7-4-3-5-8-20/h20-22,28H,2-19H2,1H3,(H,29,37)(H,30,32)(H,34,35)/t22-/m0/s1. The zero-order valence-electron chi connectivity index (χ0n) is 22.8. The SMILES string of the molecule is CCN(CC(=O)N[C@@H](CC(=O)O)C(=O)NCC(=O)OCCC1CCCCC1)C(=O)CCCC1CCNCC1. The van der Waals surface area contributed by atoms with Gasteiger partial charge in [0.2, 0.25) is 17.7 Å². The molecular formula is C27H46N4O7. The van der Waals surface area contributed by atoms with E-state index in [9.17, 15) is 29.1 Å². The summed E-state index contributed by atoms with van der Waals surface area (Å²) in [6.07, 6.45) is 10.4. The molecule has 0 aromatic carbocycles. The molecule has 2 rings (SSSR count). The summed E-state index contributed by atoms with van der Waals surface area (Å²) in [4.78, 5) is 62.4. The molecular weight excluding hydrogens is 492 g/mol. The van der Waals surface area contributed by atoms with Gasteiger partial charge in [-0.1, -0.05) is 32.1 Å². The van der Waals surface area contributed by atoms with E-state index in [1.807, 2.05) is 0 Å². The normalized spacial score (nSPS) is 17.3. The van der Waals surface area contributed by atoms with Crippen molar-refractivity contribution in [2.45, 2.75) is 90.0 Å². The van der Waals surface area contributed by atoms with Crippen LogP contribution in [0, 0.1) is 11.8 Å². The summed E-state index contributed by atoms with van der Waals surface area (Å²) in [7, 11) is 0. The fourth-order valence-corrected chi connectivity index (χ4v) is 5.19. The number of carboxylic acid groups (broad SMARTS) is 1. The Morgan fingerprint density at radius 1 is 1.00 bits per heavy atom. The molecule has 0 radical (unpaired) electrons. The number of hydrogen-bond acceptors (Lipinski definition) is 7. The van der Waals surface area contributed by atoms with Gasteiger partial charge >= 0.3 is 11.9 Å². The molecule has 2 aliphatic rings. The maximum absolute atomic E-state index is 12.6. The third kappa shape index (κ3) is 12.7. The first-order valence-corrected chi connectivity index (χ1v) is 14.2. The van der Waals surface area contributed by atoms with Crippen LogP contribution < -0.4 is 16.0 Å². The maximum atomic E-state index is 12.6. The lowest BCUT2D eigenvalue weighted by molar-refractivity contribution is -0.145. The highest BCUT2D eigenvalue weighted by Crippen LogP contribution is 2.26. The van der Waals surface area contributed by atoms with Crippen molar-refractivity contribution in [2.24, 2.45) is 11.8 Å². The van der Waals surface area contributed by atoms with Crippen LogP contribution in [0.2, 0.25) is 0 Å². The number of ether oxygens (including phenoxy) is 1. The number of amides is 3. The Hall–Kier alpha value is -2.69. The van der Waals surface area contributed by atoms with Crippen LogP contribution in [0.25, 0.3) is 0 Å². The third-order valence-corrected chi connectivity index (χ3v) is 7.48. The van der Waals surface area contributed by atoms with Crippen molar-refractivity contribution in [3.05, 3.63) is 0 Å². The molecule has 1 saturated heterocycles. The number of esters is 1. The van der Waals surface area contributed by atoms with E-state index < -0.39 is 42.8 Å². The summed E-state index contributed by atoms with van der Waals surface area (Å²) < 4.78 is 5.20. The molecule has 1 aliphatic carbocycles. The Kier molecular flexibility index (Phi) is 14.7. The number of piperidine rings is 1. The highest BCUT2D eigenvalue weighted by molar-refractivity contribution is 5.93. The maximum Gasteiger partial charge on any atom is 0.325 e. The van der Waals surface area contributed by atoms with Crippen LogP contribution in [0.5, 0.6) is 0 Å². The topological polar surface area (TPSA) is 154 Å². The van der Waals surface area contributed by atoms with Crippen LogP contribution in [0.4, 0.5) is 0 Å². The Morgan fingerprint density at radius 3 is 2.34 bits per heavy atom. The minimum atomic E-state index is -1.37. The summed E-state index contributed by atoms with van der Waals surface area (Å²) >= 11 is 0. The highest BCUT2D eigenvalue weighted by Gasteiger charge is 2.26. The van der Waals surface area contributed by atoms with Crippen LogP contribution >= 0.6 is 0 Å². The van der Waals surface area contributed by atoms with Gasteiger partial charge in [0.25, 0.3) is 0 Å². The number of carboxylic acids is 1. The van der Waals surface area contributed by atoms with Gasteiger partial charge in [-0.15, -0.1) is 0 Å². The number of hydrogen-bond donors (Lipinski definition) is 4. The minimum Gasteiger partial charge on any atom is -0.481 e. The van der Waals surface area contributed by atoms with E-state index in [1.54, 1.807) is 6.92 Å². The fourth-order valence-electron chi connectivity index (χ4n) is 5.19. The molecule has 0 aromatic heterocycles. The number of carbonyl (C=O) groups excluding carboxylic acids is 4.